The van der Waals surface area contributed by atoms with Gasteiger partial charge in [-0.15, -0.1) is 0 Å². The van der Waals surface area contributed by atoms with Crippen LogP contribution < -0.4 is 14.4 Å². The highest BCUT2D eigenvalue weighted by atomic mass is 16.5. The van der Waals surface area contributed by atoms with E-state index in [1.54, 1.807) is 38.5 Å². The lowest BCUT2D eigenvalue weighted by atomic mass is 9.89. The van der Waals surface area contributed by atoms with Gasteiger partial charge in [-0.2, -0.15) is 0 Å². The van der Waals surface area contributed by atoms with Gasteiger partial charge in [0, 0.05) is 12.7 Å². The molecule has 1 aliphatic heterocycles. The van der Waals surface area contributed by atoms with Gasteiger partial charge in [-0.1, -0.05) is 12.1 Å². The van der Waals surface area contributed by atoms with Crippen molar-refractivity contribution in [1.29, 1.82) is 0 Å². The van der Waals surface area contributed by atoms with E-state index in [1.165, 1.54) is 0 Å². The highest BCUT2D eigenvalue weighted by molar-refractivity contribution is 5.79. The number of aliphatic carboxylic acids is 1. The summed E-state index contributed by atoms with van der Waals surface area (Å²) in [5.41, 5.74) is -0.236. The highest BCUT2D eigenvalue weighted by Gasteiger charge is 2.31. The van der Waals surface area contributed by atoms with Gasteiger partial charge in [-0.3, -0.25) is 9.78 Å². The third kappa shape index (κ3) is 5.08. The molecule has 1 atom stereocenters. The zero-order valence-corrected chi connectivity index (χ0v) is 19.6. The molecule has 4 rings (SSSR count). The number of rotatable bonds is 8. The minimum atomic E-state index is -1.14. The van der Waals surface area contributed by atoms with Crippen LogP contribution in [0, 0.1) is 0 Å². The minimum Gasteiger partial charge on any atom is -0.490 e. The van der Waals surface area contributed by atoms with E-state index in [1.807, 2.05) is 31.2 Å². The Morgan fingerprint density at radius 1 is 1.18 bits per heavy atom. The highest BCUT2D eigenvalue weighted by Crippen LogP contribution is 2.30. The molecule has 9 nitrogen and oxygen atoms in total. The molecule has 1 N–H and O–H groups in total. The van der Waals surface area contributed by atoms with Gasteiger partial charge < -0.3 is 19.5 Å². The van der Waals surface area contributed by atoms with Gasteiger partial charge in [0.05, 0.1) is 31.2 Å². The lowest BCUT2D eigenvalue weighted by Gasteiger charge is -2.33. The van der Waals surface area contributed by atoms with Crippen molar-refractivity contribution in [3.05, 3.63) is 54.6 Å². The summed E-state index contributed by atoms with van der Waals surface area (Å²) >= 11 is 0. The smallest absolute Gasteiger partial charge is 0.315 e. The van der Waals surface area contributed by atoms with E-state index >= 15 is 0 Å². The van der Waals surface area contributed by atoms with E-state index in [4.69, 9.17) is 14.5 Å². The topological polar surface area (TPSA) is 111 Å². The van der Waals surface area contributed by atoms with Gasteiger partial charge in [-0.05, 0) is 51.8 Å². The second-order valence-electron chi connectivity index (χ2n) is 8.67. The fourth-order valence-electron chi connectivity index (χ4n) is 3.80. The van der Waals surface area contributed by atoms with Crippen molar-refractivity contribution in [2.45, 2.75) is 45.1 Å². The number of aromatic nitrogens is 4. The SMILES string of the molecule is CCOc1ccccc1O[C@@H]1CCCN(c2cncc(-c3nccc(C(C)(C)C(=O)O)n3)n2)C1. The Hall–Kier alpha value is -3.75. The molecule has 1 saturated heterocycles. The number of ether oxygens (including phenoxy) is 2. The van der Waals surface area contributed by atoms with Crippen molar-refractivity contribution in [2.75, 3.05) is 24.6 Å². The molecule has 0 bridgehead atoms. The van der Waals surface area contributed by atoms with Gasteiger partial charge in [0.25, 0.3) is 0 Å². The molecule has 3 heterocycles. The Labute approximate surface area is 198 Å². The van der Waals surface area contributed by atoms with Crippen molar-refractivity contribution in [1.82, 2.24) is 19.9 Å². The lowest BCUT2D eigenvalue weighted by Crippen LogP contribution is -2.41. The van der Waals surface area contributed by atoms with Crippen molar-refractivity contribution in [3.8, 4) is 23.0 Å². The molecule has 0 saturated carbocycles. The molecular weight excluding hydrogens is 434 g/mol. The van der Waals surface area contributed by atoms with Crippen LogP contribution in [0.15, 0.2) is 48.9 Å². The number of hydrogen-bond acceptors (Lipinski definition) is 8. The molecule has 1 aromatic carbocycles. The molecule has 1 aliphatic rings. The summed E-state index contributed by atoms with van der Waals surface area (Å²) < 4.78 is 12.0. The van der Waals surface area contributed by atoms with Crippen molar-refractivity contribution >= 4 is 11.8 Å². The van der Waals surface area contributed by atoms with E-state index in [9.17, 15) is 9.90 Å². The van der Waals surface area contributed by atoms with Crippen LogP contribution in [0.25, 0.3) is 11.5 Å². The van der Waals surface area contributed by atoms with Crippen LogP contribution in [-0.4, -0.2) is 56.8 Å². The van der Waals surface area contributed by atoms with Gasteiger partial charge in [0.1, 0.15) is 23.0 Å². The van der Waals surface area contributed by atoms with Crippen LogP contribution in [0.2, 0.25) is 0 Å². The van der Waals surface area contributed by atoms with Gasteiger partial charge >= 0.3 is 5.97 Å². The number of benzene rings is 1. The fourth-order valence-corrected chi connectivity index (χ4v) is 3.80. The summed E-state index contributed by atoms with van der Waals surface area (Å²) in [5, 5.41) is 9.53. The van der Waals surface area contributed by atoms with Crippen molar-refractivity contribution < 1.29 is 19.4 Å². The van der Waals surface area contributed by atoms with Crippen LogP contribution in [0.5, 0.6) is 11.5 Å². The summed E-state index contributed by atoms with van der Waals surface area (Å²) in [5.74, 6) is 1.57. The largest absolute Gasteiger partial charge is 0.490 e. The van der Waals surface area contributed by atoms with Crippen molar-refractivity contribution in [3.63, 3.8) is 0 Å². The molecule has 0 radical (unpaired) electrons. The maximum Gasteiger partial charge on any atom is 0.315 e. The second-order valence-corrected chi connectivity index (χ2v) is 8.67. The number of carboxylic acid groups (broad SMARTS) is 1. The van der Waals surface area contributed by atoms with E-state index in [-0.39, 0.29) is 6.10 Å². The van der Waals surface area contributed by atoms with E-state index in [0.717, 1.165) is 30.9 Å². The molecule has 9 heteroatoms. The molecule has 34 heavy (non-hydrogen) atoms. The molecule has 0 aliphatic carbocycles. The molecular formula is C25H29N5O4. The first kappa shape index (κ1) is 23.4. The standard InChI is InChI=1S/C25H29N5O4/c1-4-33-19-9-5-6-10-20(19)34-17-8-7-13-30(16-17)22-15-26-14-18(28-22)23-27-12-11-21(29-23)25(2,3)24(31)32/h5-6,9-12,14-15,17H,4,7-8,13,16H2,1-3H3,(H,31,32)/t17-/m1/s1. The second kappa shape index (κ2) is 10.0. The predicted octanol–water partition coefficient (Wildman–Crippen LogP) is 3.74. The van der Waals surface area contributed by atoms with Crippen LogP contribution >= 0.6 is 0 Å². The maximum absolute atomic E-state index is 11.6. The summed E-state index contributed by atoms with van der Waals surface area (Å²) in [6, 6.07) is 9.32. The normalized spacial score (nSPS) is 16.2. The molecule has 0 amide bonds. The molecule has 1 fully saturated rings. The lowest BCUT2D eigenvalue weighted by molar-refractivity contribution is -0.142. The third-order valence-corrected chi connectivity index (χ3v) is 5.83. The molecule has 2 aromatic heterocycles. The number of nitrogens with zero attached hydrogens (tertiary/aromatic N) is 5. The Balaban J connectivity index is 1.53. The summed E-state index contributed by atoms with van der Waals surface area (Å²) in [4.78, 5) is 31.6. The van der Waals surface area contributed by atoms with E-state index in [2.05, 4.69) is 19.9 Å². The first-order valence-corrected chi connectivity index (χ1v) is 11.4. The third-order valence-electron chi connectivity index (χ3n) is 5.83. The summed E-state index contributed by atoms with van der Waals surface area (Å²) in [7, 11) is 0. The Bertz CT molecular complexity index is 1150. The number of para-hydroxylation sites is 2. The fraction of sp³-hybridized carbons (Fsp3) is 0.400. The summed E-state index contributed by atoms with van der Waals surface area (Å²) in [6.45, 7) is 7.24. The number of piperidine rings is 1. The minimum absolute atomic E-state index is 0.0169. The monoisotopic (exact) mass is 463 g/mol. The molecule has 0 spiro atoms. The Morgan fingerprint density at radius 3 is 2.74 bits per heavy atom. The number of hydrogen-bond donors (Lipinski definition) is 1. The van der Waals surface area contributed by atoms with Crippen LogP contribution in [0.3, 0.4) is 0 Å². The molecule has 178 valence electrons. The van der Waals surface area contributed by atoms with E-state index in [0.29, 0.717) is 36.2 Å². The first-order valence-electron chi connectivity index (χ1n) is 11.4. The maximum atomic E-state index is 11.6. The van der Waals surface area contributed by atoms with Gasteiger partial charge in [0.15, 0.2) is 17.3 Å². The number of carboxylic acids is 1. The van der Waals surface area contributed by atoms with Crippen molar-refractivity contribution in [2.24, 2.45) is 0 Å². The quantitative estimate of drug-likeness (QED) is 0.534. The zero-order chi connectivity index (χ0) is 24.1. The zero-order valence-electron chi connectivity index (χ0n) is 19.6. The Kier molecular flexibility index (Phi) is 6.90. The average Bonchev–Trinajstić information content (AvgIpc) is 2.86. The predicted molar refractivity (Wildman–Crippen MR) is 127 cm³/mol. The molecule has 0 unspecified atom stereocenters. The average molecular weight is 464 g/mol. The van der Waals surface area contributed by atoms with Crippen LogP contribution in [-0.2, 0) is 10.2 Å². The number of anilines is 1. The molecule has 3 aromatic rings. The van der Waals surface area contributed by atoms with Crippen LogP contribution in [0.1, 0.15) is 39.3 Å². The van der Waals surface area contributed by atoms with E-state index < -0.39 is 11.4 Å². The Morgan fingerprint density at radius 2 is 1.97 bits per heavy atom. The summed E-state index contributed by atoms with van der Waals surface area (Å²) in [6.07, 6.45) is 6.72. The van der Waals surface area contributed by atoms with Crippen LogP contribution in [0.4, 0.5) is 5.82 Å². The van der Waals surface area contributed by atoms with Gasteiger partial charge in [-0.25, -0.2) is 15.0 Å². The number of carbonyl (C=O) groups is 1. The first-order chi connectivity index (χ1) is 16.4. The van der Waals surface area contributed by atoms with Gasteiger partial charge in [0.2, 0.25) is 0 Å².